The lowest BCUT2D eigenvalue weighted by Crippen LogP contribution is -2.40. The zero-order valence-corrected chi connectivity index (χ0v) is 21.3. The summed E-state index contributed by atoms with van der Waals surface area (Å²) in [5.41, 5.74) is -1.37. The standard InChI is InChI=1S/C26H23F6N3O3S/c1-16-4-2-3-5-20(16)21-13-23(35-6-8-39(37,38)9-7-35)33-15-22(21)24(36)34-14-17-10-18(25(27,28)29)12-19(11-17)26(30,31)32/h2-5,10-13,15H,6-9,14H2,1H3,(H,34,36). The van der Waals surface area contributed by atoms with E-state index in [0.717, 1.165) is 5.56 Å². The number of sulfone groups is 1. The highest BCUT2D eigenvalue weighted by molar-refractivity contribution is 7.91. The number of halogens is 6. The minimum atomic E-state index is -5.01. The molecule has 0 atom stereocenters. The molecular formula is C26H23F6N3O3S. The van der Waals surface area contributed by atoms with Crippen LogP contribution >= 0.6 is 0 Å². The van der Waals surface area contributed by atoms with Crippen LogP contribution in [0.1, 0.15) is 32.6 Å². The quantitative estimate of drug-likeness (QED) is 0.423. The lowest BCUT2D eigenvalue weighted by Gasteiger charge is -2.28. The molecule has 3 aromatic rings. The van der Waals surface area contributed by atoms with Crippen molar-refractivity contribution in [3.05, 3.63) is 82.5 Å². The first kappa shape index (κ1) is 28.4. The minimum Gasteiger partial charge on any atom is -0.355 e. The van der Waals surface area contributed by atoms with Crippen molar-refractivity contribution in [2.45, 2.75) is 25.8 Å². The first-order valence-electron chi connectivity index (χ1n) is 11.7. The molecule has 1 N–H and O–H groups in total. The van der Waals surface area contributed by atoms with Crippen LogP contribution in [0.25, 0.3) is 11.1 Å². The molecule has 13 heteroatoms. The second-order valence-corrected chi connectivity index (χ2v) is 11.4. The molecule has 1 aromatic heterocycles. The Bertz CT molecular complexity index is 1460. The number of nitrogens with one attached hydrogen (secondary N) is 1. The van der Waals surface area contributed by atoms with Gasteiger partial charge in [-0.2, -0.15) is 26.3 Å². The van der Waals surface area contributed by atoms with Gasteiger partial charge in [0.05, 0.1) is 28.2 Å². The van der Waals surface area contributed by atoms with Crippen molar-refractivity contribution in [3.63, 3.8) is 0 Å². The van der Waals surface area contributed by atoms with Gasteiger partial charge >= 0.3 is 12.4 Å². The average Bonchev–Trinajstić information content (AvgIpc) is 2.86. The van der Waals surface area contributed by atoms with Gasteiger partial charge in [-0.1, -0.05) is 24.3 Å². The predicted molar refractivity (Wildman–Crippen MR) is 133 cm³/mol. The van der Waals surface area contributed by atoms with Crippen LogP contribution in [0.3, 0.4) is 0 Å². The topological polar surface area (TPSA) is 79.4 Å². The normalized spacial score (nSPS) is 15.7. The zero-order valence-electron chi connectivity index (χ0n) is 20.5. The average molecular weight is 572 g/mol. The number of alkyl halides is 6. The molecule has 1 aliphatic rings. The fourth-order valence-corrected chi connectivity index (χ4v) is 5.44. The molecule has 0 spiro atoms. The number of hydrogen-bond acceptors (Lipinski definition) is 5. The van der Waals surface area contributed by atoms with Gasteiger partial charge in [0.1, 0.15) is 5.82 Å². The molecule has 1 amide bonds. The predicted octanol–water partition coefficient (Wildman–Crippen LogP) is 5.26. The molecule has 2 heterocycles. The van der Waals surface area contributed by atoms with Crippen LogP contribution < -0.4 is 10.2 Å². The van der Waals surface area contributed by atoms with Crippen molar-refractivity contribution in [1.82, 2.24) is 10.3 Å². The van der Waals surface area contributed by atoms with E-state index in [1.807, 2.05) is 13.0 Å². The van der Waals surface area contributed by atoms with Crippen molar-refractivity contribution >= 4 is 21.6 Å². The van der Waals surface area contributed by atoms with Gasteiger partial charge in [0.15, 0.2) is 9.84 Å². The van der Waals surface area contributed by atoms with Gasteiger partial charge in [-0.25, -0.2) is 13.4 Å². The van der Waals surface area contributed by atoms with Crippen molar-refractivity contribution in [3.8, 4) is 11.1 Å². The number of carbonyl (C=O) groups is 1. The van der Waals surface area contributed by atoms with E-state index in [1.54, 1.807) is 29.2 Å². The van der Waals surface area contributed by atoms with Gasteiger partial charge in [-0.3, -0.25) is 4.79 Å². The van der Waals surface area contributed by atoms with E-state index in [0.29, 0.717) is 29.1 Å². The van der Waals surface area contributed by atoms with Gasteiger partial charge in [-0.05, 0) is 53.4 Å². The molecule has 0 saturated carbocycles. The number of aromatic nitrogens is 1. The summed E-state index contributed by atoms with van der Waals surface area (Å²) in [6.07, 6.45) is -8.75. The van der Waals surface area contributed by atoms with Crippen LogP contribution in [0.5, 0.6) is 0 Å². The maximum Gasteiger partial charge on any atom is 0.416 e. The van der Waals surface area contributed by atoms with Crippen molar-refractivity contribution < 1.29 is 39.6 Å². The molecule has 208 valence electrons. The molecule has 2 aromatic carbocycles. The Morgan fingerprint density at radius 1 is 0.923 bits per heavy atom. The SMILES string of the molecule is Cc1ccccc1-c1cc(N2CCS(=O)(=O)CC2)ncc1C(=O)NCc1cc(C(F)(F)F)cc(C(F)(F)F)c1. The molecule has 1 aliphatic heterocycles. The molecule has 0 unspecified atom stereocenters. The summed E-state index contributed by atoms with van der Waals surface area (Å²) in [5, 5.41) is 2.41. The van der Waals surface area contributed by atoms with Gasteiger partial charge in [0, 0.05) is 25.8 Å². The summed E-state index contributed by atoms with van der Waals surface area (Å²) >= 11 is 0. The molecule has 0 radical (unpaired) electrons. The second kappa shape index (κ2) is 10.5. The fourth-order valence-electron chi connectivity index (χ4n) is 4.24. The van der Waals surface area contributed by atoms with Gasteiger partial charge < -0.3 is 10.2 Å². The van der Waals surface area contributed by atoms with E-state index in [-0.39, 0.29) is 41.8 Å². The van der Waals surface area contributed by atoms with E-state index in [1.165, 1.54) is 6.20 Å². The summed E-state index contributed by atoms with van der Waals surface area (Å²) in [6.45, 7) is 1.65. The highest BCUT2D eigenvalue weighted by atomic mass is 32.2. The number of pyridine rings is 1. The summed E-state index contributed by atoms with van der Waals surface area (Å²) in [4.78, 5) is 19.2. The summed E-state index contributed by atoms with van der Waals surface area (Å²) < 4.78 is 103. The molecule has 6 nitrogen and oxygen atoms in total. The molecule has 4 rings (SSSR count). The number of aryl methyl sites for hydroxylation is 1. The van der Waals surface area contributed by atoms with Crippen LogP contribution in [0, 0.1) is 6.92 Å². The minimum absolute atomic E-state index is 0.0239. The van der Waals surface area contributed by atoms with Crippen molar-refractivity contribution in [2.75, 3.05) is 29.5 Å². The van der Waals surface area contributed by atoms with Gasteiger partial charge in [-0.15, -0.1) is 0 Å². The number of hydrogen-bond donors (Lipinski definition) is 1. The zero-order chi connectivity index (χ0) is 28.6. The Labute approximate surface area is 220 Å². The summed E-state index contributed by atoms with van der Waals surface area (Å²) in [7, 11) is -3.15. The summed E-state index contributed by atoms with van der Waals surface area (Å²) in [5.74, 6) is -0.409. The third kappa shape index (κ3) is 6.70. The Hall–Kier alpha value is -3.61. The van der Waals surface area contributed by atoms with Crippen LogP contribution in [-0.2, 0) is 28.7 Å². The van der Waals surface area contributed by atoms with Crippen molar-refractivity contribution in [2.24, 2.45) is 0 Å². The number of anilines is 1. The van der Waals surface area contributed by atoms with E-state index >= 15 is 0 Å². The Kier molecular flexibility index (Phi) is 7.66. The Balaban J connectivity index is 1.66. The highest BCUT2D eigenvalue weighted by Gasteiger charge is 2.37. The first-order chi connectivity index (χ1) is 18.1. The molecule has 1 saturated heterocycles. The number of amides is 1. The van der Waals surface area contributed by atoms with Crippen LogP contribution in [-0.4, -0.2) is 43.9 Å². The highest BCUT2D eigenvalue weighted by Crippen LogP contribution is 2.36. The smallest absolute Gasteiger partial charge is 0.355 e. The monoisotopic (exact) mass is 571 g/mol. The third-order valence-corrected chi connectivity index (χ3v) is 7.95. The van der Waals surface area contributed by atoms with E-state index in [4.69, 9.17) is 0 Å². The fraction of sp³-hybridized carbons (Fsp3) is 0.308. The first-order valence-corrected chi connectivity index (χ1v) is 13.5. The Morgan fingerprint density at radius 2 is 1.51 bits per heavy atom. The van der Waals surface area contributed by atoms with Crippen LogP contribution in [0.2, 0.25) is 0 Å². The third-order valence-electron chi connectivity index (χ3n) is 6.34. The molecule has 39 heavy (non-hydrogen) atoms. The number of benzene rings is 2. The van der Waals surface area contributed by atoms with E-state index in [9.17, 15) is 39.6 Å². The van der Waals surface area contributed by atoms with E-state index < -0.39 is 45.8 Å². The maximum absolute atomic E-state index is 13.2. The van der Waals surface area contributed by atoms with Crippen molar-refractivity contribution in [1.29, 1.82) is 0 Å². The van der Waals surface area contributed by atoms with Gasteiger partial charge in [0.25, 0.3) is 5.91 Å². The largest absolute Gasteiger partial charge is 0.416 e. The van der Waals surface area contributed by atoms with Crippen LogP contribution in [0.15, 0.2) is 54.7 Å². The molecule has 0 aliphatic carbocycles. The number of carbonyl (C=O) groups excluding carboxylic acids is 1. The number of nitrogens with zero attached hydrogens (tertiary/aromatic N) is 2. The van der Waals surface area contributed by atoms with E-state index in [2.05, 4.69) is 10.3 Å². The lowest BCUT2D eigenvalue weighted by molar-refractivity contribution is -0.143. The maximum atomic E-state index is 13.2. The summed E-state index contributed by atoms with van der Waals surface area (Å²) in [6, 6.07) is 9.88. The molecule has 1 fully saturated rings. The molecular weight excluding hydrogens is 548 g/mol. The van der Waals surface area contributed by atoms with Crippen LogP contribution in [0.4, 0.5) is 32.2 Å². The lowest BCUT2D eigenvalue weighted by atomic mass is 9.96. The van der Waals surface area contributed by atoms with Gasteiger partial charge in [0.2, 0.25) is 0 Å². The Morgan fingerprint density at radius 3 is 2.08 bits per heavy atom. The number of rotatable bonds is 5. The molecule has 0 bridgehead atoms. The second-order valence-electron chi connectivity index (χ2n) is 9.14.